The van der Waals surface area contributed by atoms with Crippen LogP contribution < -0.4 is 4.89 Å². The van der Waals surface area contributed by atoms with Crippen molar-refractivity contribution in [3.05, 3.63) is 28.7 Å². The Morgan fingerprint density at radius 2 is 2.00 bits per heavy atom. The van der Waals surface area contributed by atoms with Gasteiger partial charge in [0.15, 0.2) is 0 Å². The van der Waals surface area contributed by atoms with E-state index in [1.807, 2.05) is 0 Å². The van der Waals surface area contributed by atoms with Gasteiger partial charge in [0.25, 0.3) is 10.0 Å². The normalized spacial score (nSPS) is 17.5. The van der Waals surface area contributed by atoms with Crippen LogP contribution in [-0.4, -0.2) is 14.5 Å². The first kappa shape index (κ1) is 13.0. The Kier molecular flexibility index (Phi) is 4.19. The SMILES string of the molecule is O=S(=O)(NOC1CCCC1)c1cccc(Br)c1. The molecule has 2 rings (SSSR count). The third-order valence-electron chi connectivity index (χ3n) is 2.73. The van der Waals surface area contributed by atoms with Crippen LogP contribution >= 0.6 is 15.9 Å². The minimum atomic E-state index is -3.57. The summed E-state index contributed by atoms with van der Waals surface area (Å²) < 4.78 is 24.5. The molecule has 1 saturated carbocycles. The van der Waals surface area contributed by atoms with Crippen molar-refractivity contribution in [3.8, 4) is 0 Å². The summed E-state index contributed by atoms with van der Waals surface area (Å²) in [6, 6.07) is 6.52. The van der Waals surface area contributed by atoms with Crippen molar-refractivity contribution in [1.82, 2.24) is 4.89 Å². The summed E-state index contributed by atoms with van der Waals surface area (Å²) in [7, 11) is -3.57. The van der Waals surface area contributed by atoms with E-state index in [1.54, 1.807) is 18.2 Å². The highest BCUT2D eigenvalue weighted by Gasteiger charge is 2.20. The molecule has 4 nitrogen and oxygen atoms in total. The molecule has 17 heavy (non-hydrogen) atoms. The Bertz CT molecular complexity index is 483. The van der Waals surface area contributed by atoms with Crippen LogP contribution in [-0.2, 0) is 14.9 Å². The maximum Gasteiger partial charge on any atom is 0.262 e. The third-order valence-corrected chi connectivity index (χ3v) is 4.42. The Labute approximate surface area is 109 Å². The Morgan fingerprint density at radius 1 is 1.29 bits per heavy atom. The number of benzene rings is 1. The van der Waals surface area contributed by atoms with E-state index < -0.39 is 10.0 Å². The first-order chi connectivity index (χ1) is 8.08. The summed E-state index contributed by atoms with van der Waals surface area (Å²) in [5.41, 5.74) is 0. The van der Waals surface area contributed by atoms with Gasteiger partial charge in [-0.25, -0.2) is 8.42 Å². The van der Waals surface area contributed by atoms with Gasteiger partial charge in [0.05, 0.1) is 11.0 Å². The summed E-state index contributed by atoms with van der Waals surface area (Å²) >= 11 is 3.24. The molecule has 0 spiro atoms. The van der Waals surface area contributed by atoms with Crippen LogP contribution in [0, 0.1) is 0 Å². The molecule has 0 radical (unpaired) electrons. The van der Waals surface area contributed by atoms with Gasteiger partial charge in [-0.1, -0.05) is 39.7 Å². The molecular formula is C11H14BrNO3S. The molecule has 0 aromatic heterocycles. The van der Waals surface area contributed by atoms with Crippen LogP contribution in [0.2, 0.25) is 0 Å². The molecule has 0 atom stereocenters. The third kappa shape index (κ3) is 3.51. The van der Waals surface area contributed by atoms with Crippen molar-refractivity contribution in [2.24, 2.45) is 0 Å². The van der Waals surface area contributed by atoms with Crippen LogP contribution in [0.1, 0.15) is 25.7 Å². The number of rotatable bonds is 4. The zero-order valence-electron chi connectivity index (χ0n) is 9.23. The van der Waals surface area contributed by atoms with E-state index in [4.69, 9.17) is 4.84 Å². The van der Waals surface area contributed by atoms with Crippen LogP contribution in [0.15, 0.2) is 33.6 Å². The van der Waals surface area contributed by atoms with Gasteiger partial charge in [-0.2, -0.15) is 0 Å². The van der Waals surface area contributed by atoms with Gasteiger partial charge in [0.1, 0.15) is 0 Å². The lowest BCUT2D eigenvalue weighted by molar-refractivity contribution is 0.0223. The van der Waals surface area contributed by atoms with Gasteiger partial charge in [0, 0.05) is 4.47 Å². The summed E-state index contributed by atoms with van der Waals surface area (Å²) in [5.74, 6) is 0. The highest BCUT2D eigenvalue weighted by Crippen LogP contribution is 2.21. The number of halogens is 1. The van der Waals surface area contributed by atoms with Crippen LogP contribution in [0.3, 0.4) is 0 Å². The second kappa shape index (κ2) is 5.48. The standard InChI is InChI=1S/C11H14BrNO3S/c12-9-4-3-7-11(8-9)17(14,15)13-16-10-5-1-2-6-10/h3-4,7-8,10,13H,1-2,5-6H2. The average molecular weight is 320 g/mol. The van der Waals surface area contributed by atoms with E-state index in [9.17, 15) is 8.42 Å². The quantitative estimate of drug-likeness (QED) is 0.868. The maximum atomic E-state index is 11.9. The first-order valence-corrected chi connectivity index (χ1v) is 7.78. The number of hydrogen-bond acceptors (Lipinski definition) is 3. The molecule has 1 aromatic rings. The minimum absolute atomic E-state index is 0.0110. The minimum Gasteiger partial charge on any atom is -0.284 e. The Hall–Kier alpha value is -0.430. The van der Waals surface area contributed by atoms with Gasteiger partial charge in [-0.3, -0.25) is 4.84 Å². The van der Waals surface area contributed by atoms with E-state index in [1.165, 1.54) is 6.07 Å². The Balaban J connectivity index is 2.03. The van der Waals surface area contributed by atoms with Gasteiger partial charge in [0.2, 0.25) is 0 Å². The fourth-order valence-corrected chi connectivity index (χ4v) is 3.27. The summed E-state index contributed by atoms with van der Waals surface area (Å²) in [6.07, 6.45) is 4.05. The molecule has 1 aliphatic carbocycles. The summed E-state index contributed by atoms with van der Waals surface area (Å²) in [6.45, 7) is 0. The molecule has 0 saturated heterocycles. The van der Waals surface area contributed by atoms with Crippen molar-refractivity contribution in [1.29, 1.82) is 0 Å². The highest BCUT2D eigenvalue weighted by molar-refractivity contribution is 9.10. The molecule has 6 heteroatoms. The van der Waals surface area contributed by atoms with Crippen LogP contribution in [0.25, 0.3) is 0 Å². The van der Waals surface area contributed by atoms with Crippen molar-refractivity contribution >= 4 is 26.0 Å². The summed E-state index contributed by atoms with van der Waals surface area (Å²) in [5, 5.41) is 0. The molecule has 0 unspecified atom stereocenters. The van der Waals surface area contributed by atoms with Crippen molar-refractivity contribution in [2.75, 3.05) is 0 Å². The summed E-state index contributed by atoms with van der Waals surface area (Å²) in [4.78, 5) is 7.60. The van der Waals surface area contributed by atoms with E-state index in [0.717, 1.165) is 30.2 Å². The van der Waals surface area contributed by atoms with Crippen molar-refractivity contribution in [3.63, 3.8) is 0 Å². The van der Waals surface area contributed by atoms with Gasteiger partial charge in [-0.15, -0.1) is 0 Å². The molecule has 94 valence electrons. The molecular weight excluding hydrogens is 306 g/mol. The molecule has 0 bridgehead atoms. The zero-order chi connectivity index (χ0) is 12.3. The average Bonchev–Trinajstić information content (AvgIpc) is 2.79. The van der Waals surface area contributed by atoms with Crippen molar-refractivity contribution in [2.45, 2.75) is 36.7 Å². The largest absolute Gasteiger partial charge is 0.284 e. The molecule has 1 fully saturated rings. The fourth-order valence-electron chi connectivity index (χ4n) is 1.82. The van der Waals surface area contributed by atoms with E-state index >= 15 is 0 Å². The highest BCUT2D eigenvalue weighted by atomic mass is 79.9. The Morgan fingerprint density at radius 3 is 2.65 bits per heavy atom. The lowest BCUT2D eigenvalue weighted by Crippen LogP contribution is -2.28. The second-order valence-corrected chi connectivity index (χ2v) is 6.63. The number of sulfonamides is 1. The first-order valence-electron chi connectivity index (χ1n) is 5.51. The van der Waals surface area contributed by atoms with E-state index in [2.05, 4.69) is 20.8 Å². The van der Waals surface area contributed by atoms with Gasteiger partial charge in [-0.05, 0) is 31.0 Å². The van der Waals surface area contributed by atoms with E-state index in [0.29, 0.717) is 0 Å². The molecule has 0 heterocycles. The lowest BCUT2D eigenvalue weighted by Gasteiger charge is -2.12. The molecule has 0 amide bonds. The molecule has 0 aliphatic heterocycles. The van der Waals surface area contributed by atoms with Gasteiger partial charge >= 0.3 is 0 Å². The maximum absolute atomic E-state index is 11.9. The van der Waals surface area contributed by atoms with Crippen LogP contribution in [0.4, 0.5) is 0 Å². The molecule has 1 aliphatic rings. The zero-order valence-corrected chi connectivity index (χ0v) is 11.6. The predicted molar refractivity (Wildman–Crippen MR) is 67.8 cm³/mol. The number of nitrogens with one attached hydrogen (secondary N) is 1. The number of hydrogen-bond donors (Lipinski definition) is 1. The topological polar surface area (TPSA) is 55.4 Å². The smallest absolute Gasteiger partial charge is 0.262 e. The van der Waals surface area contributed by atoms with Gasteiger partial charge < -0.3 is 0 Å². The monoisotopic (exact) mass is 319 g/mol. The second-order valence-electron chi connectivity index (χ2n) is 4.07. The van der Waals surface area contributed by atoms with E-state index in [-0.39, 0.29) is 11.0 Å². The van der Waals surface area contributed by atoms with Crippen LogP contribution in [0.5, 0.6) is 0 Å². The molecule has 1 aromatic carbocycles. The fraction of sp³-hybridized carbons (Fsp3) is 0.455. The molecule has 1 N–H and O–H groups in total. The predicted octanol–water partition coefficient (Wildman–Crippen LogP) is 2.60. The van der Waals surface area contributed by atoms with Crippen molar-refractivity contribution < 1.29 is 13.3 Å². The lowest BCUT2D eigenvalue weighted by atomic mass is 10.3.